The van der Waals surface area contributed by atoms with Crippen LogP contribution in [0.1, 0.15) is 107 Å². The van der Waals surface area contributed by atoms with Gasteiger partial charge in [-0.1, -0.05) is 46.8 Å². The Morgan fingerprint density at radius 2 is 1.39 bits per heavy atom. The quantitative estimate of drug-likeness (QED) is 0.140. The minimum absolute atomic E-state index is 0.0718. The first-order valence-electron chi connectivity index (χ1n) is 20.9. The molecule has 2 aliphatic heterocycles. The Morgan fingerprint density at radius 3 is 2.04 bits per heavy atom. The maximum Gasteiger partial charge on any atom is 0.187 e. The first-order valence-corrected chi connectivity index (χ1v) is 20.9. The Balaban J connectivity index is 1.28. The van der Waals surface area contributed by atoms with Crippen LogP contribution in [0.15, 0.2) is 12.2 Å². The van der Waals surface area contributed by atoms with Gasteiger partial charge in [0.25, 0.3) is 0 Å². The molecule has 0 amide bonds. The van der Waals surface area contributed by atoms with Gasteiger partial charge in [0.05, 0.1) is 42.7 Å². The maximum absolute atomic E-state index is 12.4. The lowest BCUT2D eigenvalue weighted by Gasteiger charge is -2.71. The van der Waals surface area contributed by atoms with Gasteiger partial charge >= 0.3 is 0 Å². The molecule has 4 aliphatic carbocycles. The predicted octanol–water partition coefficient (Wildman–Crippen LogP) is 1.12. The summed E-state index contributed by atoms with van der Waals surface area (Å²) < 4.78 is 24.2. The standard InChI is InChI=1S/C42H72O14/c1-19(2)22(43)11-15-42(9,56-37-34(51)32(49)30(47)25(55-37)18-53-36-33(50)31(48)29(46)20(3)54-36)21-10-13-41(8)28(21)23(44)16-27-39(6)17-24(45)35(52)38(4,5)26(39)12-14-40(27,41)7/h20-37,43-52H,1,10-18H2,2-9H3. The Hall–Kier alpha value is -0.820. The van der Waals surface area contributed by atoms with E-state index in [1.165, 1.54) is 6.92 Å². The summed E-state index contributed by atoms with van der Waals surface area (Å²) in [5.74, 6) is -0.313. The number of aliphatic hydroxyl groups excluding tert-OH is 10. The molecule has 0 radical (unpaired) electrons. The van der Waals surface area contributed by atoms with E-state index in [1.807, 2.05) is 6.92 Å². The van der Waals surface area contributed by atoms with E-state index in [4.69, 9.17) is 18.9 Å². The molecule has 0 aromatic heterocycles. The largest absolute Gasteiger partial charge is 0.393 e. The Bertz CT molecular complexity index is 1410. The van der Waals surface area contributed by atoms with E-state index in [2.05, 4.69) is 41.2 Å². The van der Waals surface area contributed by atoms with Gasteiger partial charge in [0.2, 0.25) is 0 Å². The molecule has 22 atom stereocenters. The molecule has 4 saturated carbocycles. The van der Waals surface area contributed by atoms with Gasteiger partial charge in [-0.2, -0.15) is 0 Å². The number of rotatable bonds is 10. The van der Waals surface area contributed by atoms with Crippen molar-refractivity contribution in [2.75, 3.05) is 6.61 Å². The van der Waals surface area contributed by atoms with Gasteiger partial charge < -0.3 is 70.0 Å². The number of ether oxygens (including phenoxy) is 4. The zero-order chi connectivity index (χ0) is 41.7. The molecular weight excluding hydrogens is 728 g/mol. The lowest BCUT2D eigenvalue weighted by molar-refractivity contribution is -0.349. The molecule has 6 fully saturated rings. The third-order valence-corrected chi connectivity index (χ3v) is 16.9. The van der Waals surface area contributed by atoms with E-state index >= 15 is 0 Å². The summed E-state index contributed by atoms with van der Waals surface area (Å²) in [5, 5.41) is 110. The average Bonchev–Trinajstić information content (AvgIpc) is 3.52. The number of fused-ring (bicyclic) bond motifs is 5. The second-order valence-corrected chi connectivity index (χ2v) is 20.4. The van der Waals surface area contributed by atoms with Crippen LogP contribution in [-0.2, 0) is 18.9 Å². The van der Waals surface area contributed by atoms with Gasteiger partial charge in [0.1, 0.15) is 42.7 Å². The maximum atomic E-state index is 12.4. The summed E-state index contributed by atoms with van der Waals surface area (Å²) in [6.07, 6.45) is -13.0. The third-order valence-electron chi connectivity index (χ3n) is 16.9. The zero-order valence-electron chi connectivity index (χ0n) is 34.6. The predicted molar refractivity (Wildman–Crippen MR) is 202 cm³/mol. The lowest BCUT2D eigenvalue weighted by Crippen LogP contribution is -2.68. The van der Waals surface area contributed by atoms with Gasteiger partial charge in [-0.3, -0.25) is 0 Å². The van der Waals surface area contributed by atoms with E-state index in [0.29, 0.717) is 24.8 Å². The van der Waals surface area contributed by atoms with Crippen molar-refractivity contribution in [1.82, 2.24) is 0 Å². The van der Waals surface area contributed by atoms with Crippen LogP contribution in [0, 0.1) is 45.3 Å². The van der Waals surface area contributed by atoms with Gasteiger partial charge in [0.15, 0.2) is 12.6 Å². The molecule has 10 N–H and O–H groups in total. The van der Waals surface area contributed by atoms with E-state index in [0.717, 1.165) is 19.3 Å². The molecule has 14 heteroatoms. The molecule has 0 spiro atoms. The summed E-state index contributed by atoms with van der Waals surface area (Å²) in [6.45, 7) is 19.6. The Kier molecular flexibility index (Phi) is 12.4. The van der Waals surface area contributed by atoms with Crippen molar-refractivity contribution in [3.8, 4) is 0 Å². The summed E-state index contributed by atoms with van der Waals surface area (Å²) >= 11 is 0. The molecule has 2 heterocycles. The SMILES string of the molecule is C=C(C)C(O)CCC(C)(OC1OC(COC2OC(C)C(O)C(O)C2O)C(O)C(O)C1O)C1CCC2(C)C1C(O)CC1C3(C)CC(O)C(O)C(C)(C)C3CCC12C. The van der Waals surface area contributed by atoms with Crippen LogP contribution in [0.4, 0.5) is 0 Å². The van der Waals surface area contributed by atoms with Crippen molar-refractivity contribution in [1.29, 1.82) is 0 Å². The van der Waals surface area contributed by atoms with Gasteiger partial charge in [0, 0.05) is 0 Å². The highest BCUT2D eigenvalue weighted by molar-refractivity contribution is 5.21. The third kappa shape index (κ3) is 7.06. The smallest absolute Gasteiger partial charge is 0.187 e. The molecule has 56 heavy (non-hydrogen) atoms. The molecule has 324 valence electrons. The van der Waals surface area contributed by atoms with Crippen LogP contribution in [0.25, 0.3) is 0 Å². The fraction of sp³-hybridized carbons (Fsp3) is 0.952. The van der Waals surface area contributed by atoms with Crippen LogP contribution < -0.4 is 0 Å². The molecule has 6 rings (SSSR count). The normalized spacial score (nSPS) is 53.3. The van der Waals surface area contributed by atoms with Crippen LogP contribution in [-0.4, -0.2) is 149 Å². The molecule has 14 nitrogen and oxygen atoms in total. The first-order chi connectivity index (χ1) is 25.9. The van der Waals surface area contributed by atoms with Crippen LogP contribution >= 0.6 is 0 Å². The highest BCUT2D eigenvalue weighted by Crippen LogP contribution is 2.76. The monoisotopic (exact) mass is 800 g/mol. The Morgan fingerprint density at radius 1 is 0.786 bits per heavy atom. The fourth-order valence-electron chi connectivity index (χ4n) is 13.3. The van der Waals surface area contributed by atoms with Gasteiger partial charge in [-0.05, 0) is 117 Å². The second kappa shape index (κ2) is 15.6. The molecule has 0 bridgehead atoms. The van der Waals surface area contributed by atoms with E-state index in [1.54, 1.807) is 6.92 Å². The molecule has 2 saturated heterocycles. The van der Waals surface area contributed by atoms with Crippen molar-refractivity contribution in [2.24, 2.45) is 45.3 Å². The topological polar surface area (TPSA) is 239 Å². The highest BCUT2D eigenvalue weighted by atomic mass is 16.7. The van der Waals surface area contributed by atoms with Gasteiger partial charge in [-0.25, -0.2) is 0 Å². The van der Waals surface area contributed by atoms with Gasteiger partial charge in [-0.15, -0.1) is 0 Å². The van der Waals surface area contributed by atoms with E-state index in [9.17, 15) is 51.1 Å². The number of aliphatic hydroxyl groups is 10. The lowest BCUT2D eigenvalue weighted by atomic mass is 9.35. The minimum Gasteiger partial charge on any atom is -0.393 e. The Labute approximate surface area is 331 Å². The molecule has 0 aromatic carbocycles. The number of hydrogen-bond acceptors (Lipinski definition) is 14. The van der Waals surface area contributed by atoms with Crippen LogP contribution in [0.3, 0.4) is 0 Å². The first kappa shape index (κ1) is 44.7. The number of hydrogen-bond donors (Lipinski definition) is 10. The zero-order valence-corrected chi connectivity index (χ0v) is 34.6. The van der Waals surface area contributed by atoms with Crippen LogP contribution in [0.5, 0.6) is 0 Å². The van der Waals surface area contributed by atoms with Crippen molar-refractivity contribution < 1.29 is 70.0 Å². The van der Waals surface area contributed by atoms with Crippen molar-refractivity contribution >= 4 is 0 Å². The molecule has 6 aliphatic rings. The van der Waals surface area contributed by atoms with Crippen LogP contribution in [0.2, 0.25) is 0 Å². The summed E-state index contributed by atoms with van der Waals surface area (Å²) in [7, 11) is 0. The molecule has 22 unspecified atom stereocenters. The molecular formula is C42H72O14. The summed E-state index contributed by atoms with van der Waals surface area (Å²) in [4.78, 5) is 0. The average molecular weight is 801 g/mol. The van der Waals surface area contributed by atoms with Crippen molar-refractivity contribution in [3.05, 3.63) is 12.2 Å². The summed E-state index contributed by atoms with van der Waals surface area (Å²) in [6, 6.07) is 0. The van der Waals surface area contributed by atoms with Crippen molar-refractivity contribution in [3.63, 3.8) is 0 Å². The van der Waals surface area contributed by atoms with E-state index < -0.39 is 103 Å². The highest BCUT2D eigenvalue weighted by Gasteiger charge is 2.72. The fourth-order valence-corrected chi connectivity index (χ4v) is 13.3. The van der Waals surface area contributed by atoms with E-state index in [-0.39, 0.29) is 52.8 Å². The van der Waals surface area contributed by atoms with Crippen molar-refractivity contribution in [2.45, 2.75) is 198 Å². The summed E-state index contributed by atoms with van der Waals surface area (Å²) in [5.41, 5.74) is -1.98. The second-order valence-electron chi connectivity index (χ2n) is 20.4. The molecule has 0 aromatic rings. The minimum atomic E-state index is -1.71.